The van der Waals surface area contributed by atoms with Crippen molar-refractivity contribution < 1.29 is 14.3 Å². The Bertz CT molecular complexity index is 1350. The number of methoxy groups -OCH3 is 1. The van der Waals surface area contributed by atoms with E-state index in [0.29, 0.717) is 30.3 Å². The molecule has 2 N–H and O–H groups in total. The number of fused-ring (bicyclic) bond motifs is 2. The van der Waals surface area contributed by atoms with Crippen molar-refractivity contribution in [3.8, 4) is 11.5 Å². The van der Waals surface area contributed by atoms with E-state index in [2.05, 4.69) is 26.3 Å². The van der Waals surface area contributed by atoms with Gasteiger partial charge in [-0.25, -0.2) is 9.97 Å². The van der Waals surface area contributed by atoms with Gasteiger partial charge < -0.3 is 24.7 Å². The van der Waals surface area contributed by atoms with E-state index in [1.54, 1.807) is 26.1 Å². The number of likely N-dealkylation sites (N-methyl/N-ethyl adjacent to an activating group) is 2. The van der Waals surface area contributed by atoms with Gasteiger partial charge in [0.1, 0.15) is 18.2 Å². The highest BCUT2D eigenvalue weighted by Gasteiger charge is 2.36. The van der Waals surface area contributed by atoms with Gasteiger partial charge in [-0.3, -0.25) is 9.69 Å². The van der Waals surface area contributed by atoms with Gasteiger partial charge in [-0.2, -0.15) is 0 Å². The third-order valence-corrected chi connectivity index (χ3v) is 6.27. The number of nitrogens with one attached hydrogen (secondary N) is 2. The molecule has 5 rings (SSSR count). The number of ether oxygens (including phenoxy) is 2. The fourth-order valence-electron chi connectivity index (χ4n) is 4.49. The maximum Gasteiger partial charge on any atom is 0.239 e. The number of benzene rings is 2. The smallest absolute Gasteiger partial charge is 0.239 e. The molecule has 1 amide bonds. The van der Waals surface area contributed by atoms with E-state index in [0.717, 1.165) is 27.5 Å². The number of aromatic nitrogens is 3. The van der Waals surface area contributed by atoms with Gasteiger partial charge in [0.05, 0.1) is 18.7 Å². The van der Waals surface area contributed by atoms with Crippen molar-refractivity contribution in [2.24, 2.45) is 0 Å². The maximum absolute atomic E-state index is 12.5. The molecule has 2 aromatic heterocycles. The van der Waals surface area contributed by atoms with E-state index >= 15 is 0 Å². The van der Waals surface area contributed by atoms with Crippen LogP contribution in [0.4, 0.5) is 11.5 Å². The molecule has 0 aliphatic carbocycles. The highest BCUT2D eigenvalue weighted by atomic mass is 16.5. The third kappa shape index (κ3) is 4.10. The highest BCUT2D eigenvalue weighted by molar-refractivity contribution is 5.94. The number of rotatable bonds is 6. The van der Waals surface area contributed by atoms with E-state index in [1.807, 2.05) is 48.5 Å². The zero-order chi connectivity index (χ0) is 23.8. The van der Waals surface area contributed by atoms with E-state index in [-0.39, 0.29) is 18.1 Å². The summed E-state index contributed by atoms with van der Waals surface area (Å²) in [7, 11) is 7.11. The number of aromatic amines is 1. The number of anilines is 2. The van der Waals surface area contributed by atoms with Crippen LogP contribution in [0.5, 0.6) is 11.5 Å². The normalized spacial score (nSPS) is 18.4. The van der Waals surface area contributed by atoms with Crippen molar-refractivity contribution in [1.29, 1.82) is 0 Å². The lowest BCUT2D eigenvalue weighted by Crippen LogP contribution is -2.40. The molecule has 9 heteroatoms. The predicted molar refractivity (Wildman–Crippen MR) is 132 cm³/mol. The van der Waals surface area contributed by atoms with Gasteiger partial charge in [0.25, 0.3) is 0 Å². The van der Waals surface area contributed by atoms with Crippen LogP contribution in [0.15, 0.2) is 48.9 Å². The number of hydrogen-bond acceptors (Lipinski definition) is 7. The molecule has 9 nitrogen and oxygen atoms in total. The molecular formula is C25H28N6O3. The minimum atomic E-state index is -0.199. The maximum atomic E-state index is 12.5. The second kappa shape index (κ2) is 8.83. The van der Waals surface area contributed by atoms with Crippen LogP contribution in [0.25, 0.3) is 21.8 Å². The molecule has 0 bridgehead atoms. The lowest BCUT2D eigenvalue weighted by atomic mass is 10.1. The number of hydrogen-bond donors (Lipinski definition) is 2. The van der Waals surface area contributed by atoms with Crippen LogP contribution in [0.3, 0.4) is 0 Å². The van der Waals surface area contributed by atoms with Crippen molar-refractivity contribution >= 4 is 39.2 Å². The highest BCUT2D eigenvalue weighted by Crippen LogP contribution is 2.36. The fraction of sp³-hybridized carbons (Fsp3) is 0.320. The van der Waals surface area contributed by atoms with Gasteiger partial charge in [0.2, 0.25) is 5.91 Å². The molecule has 3 heterocycles. The van der Waals surface area contributed by atoms with E-state index in [4.69, 9.17) is 9.47 Å². The van der Waals surface area contributed by atoms with Gasteiger partial charge in [-0.15, -0.1) is 0 Å². The van der Waals surface area contributed by atoms with Crippen LogP contribution in [0.1, 0.15) is 6.42 Å². The number of carbonyl (C=O) groups is 1. The molecule has 34 heavy (non-hydrogen) atoms. The molecule has 1 saturated heterocycles. The van der Waals surface area contributed by atoms with E-state index in [9.17, 15) is 4.79 Å². The van der Waals surface area contributed by atoms with Gasteiger partial charge in [-0.1, -0.05) is 0 Å². The number of carbonyl (C=O) groups excluding carboxylic acids is 1. The minimum absolute atomic E-state index is 0.0818. The van der Waals surface area contributed by atoms with Crippen LogP contribution in [-0.4, -0.2) is 77.6 Å². The Morgan fingerprint density at radius 2 is 2.03 bits per heavy atom. The Morgan fingerprint density at radius 3 is 2.82 bits per heavy atom. The van der Waals surface area contributed by atoms with Gasteiger partial charge in [-0.05, 0) is 37.4 Å². The topological polar surface area (TPSA) is 95.6 Å². The van der Waals surface area contributed by atoms with Gasteiger partial charge in [0.15, 0.2) is 11.5 Å². The molecule has 0 unspecified atom stereocenters. The summed E-state index contributed by atoms with van der Waals surface area (Å²) in [6.45, 7) is 0.651. The summed E-state index contributed by atoms with van der Waals surface area (Å²) in [5, 5.41) is 5.34. The van der Waals surface area contributed by atoms with E-state index < -0.39 is 0 Å². The average Bonchev–Trinajstić information content (AvgIpc) is 3.44. The van der Waals surface area contributed by atoms with Crippen LogP contribution in [0, 0.1) is 0 Å². The largest absolute Gasteiger partial charge is 0.493 e. The second-order valence-electron chi connectivity index (χ2n) is 8.81. The number of amides is 1. The average molecular weight is 461 g/mol. The standard InChI is InChI=1S/C25H28N6O3/c1-30(2)25(32)21-10-17(13-31(21)3)34-23-11-18-20(12-22(23)33-4)27-14-28-24(18)29-16-5-6-19-15(9-16)7-8-26-19/h5-9,11-12,14,17,21,26H,10,13H2,1-4H3,(H,27,28,29)/t17-,21+/m0/s1. The molecule has 1 aliphatic rings. The van der Waals surface area contributed by atoms with Gasteiger partial charge >= 0.3 is 0 Å². The molecule has 4 aromatic rings. The zero-order valence-electron chi connectivity index (χ0n) is 19.7. The Hall–Kier alpha value is -3.85. The van der Waals surface area contributed by atoms with Crippen LogP contribution < -0.4 is 14.8 Å². The Kier molecular flexibility index (Phi) is 5.70. The number of likely N-dealkylation sites (tertiary alicyclic amines) is 1. The van der Waals surface area contributed by atoms with Crippen LogP contribution in [0.2, 0.25) is 0 Å². The van der Waals surface area contributed by atoms with Crippen LogP contribution >= 0.6 is 0 Å². The Labute approximate surface area is 197 Å². The lowest BCUT2D eigenvalue weighted by molar-refractivity contribution is -0.133. The summed E-state index contributed by atoms with van der Waals surface area (Å²) >= 11 is 0. The van der Waals surface area contributed by atoms with Crippen molar-refractivity contribution in [3.05, 3.63) is 48.9 Å². The summed E-state index contributed by atoms with van der Waals surface area (Å²) < 4.78 is 12.0. The summed E-state index contributed by atoms with van der Waals surface area (Å²) in [5.74, 6) is 1.95. The molecule has 0 saturated carbocycles. The predicted octanol–water partition coefficient (Wildman–Crippen LogP) is 3.40. The molecule has 1 aliphatic heterocycles. The molecule has 2 atom stereocenters. The summed E-state index contributed by atoms with van der Waals surface area (Å²) in [5.41, 5.74) is 2.74. The first-order valence-electron chi connectivity index (χ1n) is 11.2. The molecule has 0 radical (unpaired) electrons. The Morgan fingerprint density at radius 1 is 1.18 bits per heavy atom. The molecule has 1 fully saturated rings. The third-order valence-electron chi connectivity index (χ3n) is 6.27. The first-order chi connectivity index (χ1) is 16.4. The first-order valence-corrected chi connectivity index (χ1v) is 11.2. The van der Waals surface area contributed by atoms with Crippen molar-refractivity contribution in [3.63, 3.8) is 0 Å². The molecule has 2 aromatic carbocycles. The molecule has 176 valence electrons. The number of H-pyrrole nitrogens is 1. The second-order valence-corrected chi connectivity index (χ2v) is 8.81. The number of nitrogens with zero attached hydrogens (tertiary/aromatic N) is 4. The molecule has 0 spiro atoms. The molecular weight excluding hydrogens is 432 g/mol. The van der Waals surface area contributed by atoms with Crippen molar-refractivity contribution in [2.45, 2.75) is 18.6 Å². The van der Waals surface area contributed by atoms with Crippen molar-refractivity contribution in [1.82, 2.24) is 24.8 Å². The quantitative estimate of drug-likeness (QED) is 0.455. The van der Waals surface area contributed by atoms with Crippen LogP contribution in [-0.2, 0) is 4.79 Å². The Balaban J connectivity index is 1.45. The van der Waals surface area contributed by atoms with Gasteiger partial charge in [0, 0.05) is 61.3 Å². The summed E-state index contributed by atoms with van der Waals surface area (Å²) in [4.78, 5) is 28.3. The lowest BCUT2D eigenvalue weighted by Gasteiger charge is -2.21. The zero-order valence-corrected chi connectivity index (χ0v) is 19.7. The minimum Gasteiger partial charge on any atom is -0.493 e. The van der Waals surface area contributed by atoms with Crippen molar-refractivity contribution in [2.75, 3.05) is 40.1 Å². The monoisotopic (exact) mass is 460 g/mol. The SMILES string of the molecule is COc1cc2ncnc(Nc3ccc4[nH]ccc4c3)c2cc1O[C@H]1C[C@H](C(=O)N(C)C)N(C)C1. The summed E-state index contributed by atoms with van der Waals surface area (Å²) in [6, 6.07) is 11.7. The fourth-order valence-corrected chi connectivity index (χ4v) is 4.49. The van der Waals surface area contributed by atoms with E-state index in [1.165, 1.54) is 6.33 Å². The first kappa shape index (κ1) is 22.0. The summed E-state index contributed by atoms with van der Waals surface area (Å²) in [6.07, 6.45) is 3.92.